The molecule has 1 atom stereocenters. The minimum absolute atomic E-state index is 0.180. The Balaban J connectivity index is 2.21. The van der Waals surface area contributed by atoms with E-state index in [2.05, 4.69) is 27.9 Å². The standard InChI is InChI=1S/C12H18N4/c1-3-9(13)8-14-12-15-10-6-4-5-7-11(10)16(12)2/h4-7,9H,3,8,13H2,1-2H3,(H,14,15). The predicted molar refractivity (Wildman–Crippen MR) is 67.5 cm³/mol. The second-order valence-corrected chi connectivity index (χ2v) is 4.03. The maximum atomic E-state index is 5.87. The Kier molecular flexibility index (Phi) is 3.10. The van der Waals surface area contributed by atoms with Gasteiger partial charge in [-0.1, -0.05) is 19.1 Å². The molecular weight excluding hydrogens is 200 g/mol. The lowest BCUT2D eigenvalue weighted by molar-refractivity contribution is 0.674. The zero-order valence-corrected chi connectivity index (χ0v) is 9.77. The second kappa shape index (κ2) is 4.53. The predicted octanol–water partition coefficient (Wildman–Crippen LogP) is 1.72. The number of imidazole rings is 1. The highest BCUT2D eigenvalue weighted by molar-refractivity contribution is 5.78. The van der Waals surface area contributed by atoms with Crippen molar-refractivity contribution >= 4 is 17.0 Å². The van der Waals surface area contributed by atoms with E-state index in [0.29, 0.717) is 0 Å². The molecule has 0 aliphatic heterocycles. The van der Waals surface area contributed by atoms with Crippen LogP contribution in [0.3, 0.4) is 0 Å². The molecule has 2 aromatic rings. The minimum atomic E-state index is 0.180. The van der Waals surface area contributed by atoms with Crippen LogP contribution in [-0.2, 0) is 7.05 Å². The number of fused-ring (bicyclic) bond motifs is 1. The zero-order valence-electron chi connectivity index (χ0n) is 9.77. The smallest absolute Gasteiger partial charge is 0.203 e. The summed E-state index contributed by atoms with van der Waals surface area (Å²) in [5, 5.41) is 3.28. The summed E-state index contributed by atoms with van der Waals surface area (Å²) >= 11 is 0. The summed E-state index contributed by atoms with van der Waals surface area (Å²) in [7, 11) is 2.01. The molecule has 0 bridgehead atoms. The number of para-hydroxylation sites is 2. The number of nitrogens with zero attached hydrogens (tertiary/aromatic N) is 2. The molecule has 16 heavy (non-hydrogen) atoms. The van der Waals surface area contributed by atoms with E-state index in [-0.39, 0.29) is 6.04 Å². The SMILES string of the molecule is CCC(N)CNc1nc2ccccc2n1C. The summed E-state index contributed by atoms with van der Waals surface area (Å²) in [6.07, 6.45) is 0.969. The van der Waals surface area contributed by atoms with Gasteiger partial charge >= 0.3 is 0 Å². The summed E-state index contributed by atoms with van der Waals surface area (Å²) in [6.45, 7) is 2.84. The lowest BCUT2D eigenvalue weighted by Crippen LogP contribution is -2.28. The summed E-state index contributed by atoms with van der Waals surface area (Å²) in [4.78, 5) is 4.51. The van der Waals surface area contributed by atoms with Crippen molar-refractivity contribution in [1.29, 1.82) is 0 Å². The zero-order chi connectivity index (χ0) is 11.5. The average molecular weight is 218 g/mol. The molecule has 1 unspecified atom stereocenters. The number of hydrogen-bond donors (Lipinski definition) is 2. The van der Waals surface area contributed by atoms with E-state index < -0.39 is 0 Å². The van der Waals surface area contributed by atoms with E-state index in [1.165, 1.54) is 0 Å². The molecule has 0 spiro atoms. The molecule has 0 saturated carbocycles. The number of anilines is 1. The summed E-state index contributed by atoms with van der Waals surface area (Å²) in [6, 6.07) is 8.27. The van der Waals surface area contributed by atoms with E-state index in [4.69, 9.17) is 5.73 Å². The van der Waals surface area contributed by atoms with Gasteiger partial charge in [0.05, 0.1) is 11.0 Å². The van der Waals surface area contributed by atoms with Gasteiger partial charge in [0.1, 0.15) is 0 Å². The highest BCUT2D eigenvalue weighted by Crippen LogP contribution is 2.17. The van der Waals surface area contributed by atoms with Crippen LogP contribution < -0.4 is 11.1 Å². The van der Waals surface area contributed by atoms with Gasteiger partial charge < -0.3 is 15.6 Å². The Morgan fingerprint density at radius 2 is 2.19 bits per heavy atom. The molecule has 0 aliphatic rings. The van der Waals surface area contributed by atoms with Crippen LogP contribution in [0.2, 0.25) is 0 Å². The molecule has 3 N–H and O–H groups in total. The van der Waals surface area contributed by atoms with Crippen molar-refractivity contribution in [3.8, 4) is 0 Å². The van der Waals surface area contributed by atoms with Crippen molar-refractivity contribution in [2.75, 3.05) is 11.9 Å². The largest absolute Gasteiger partial charge is 0.354 e. The van der Waals surface area contributed by atoms with Gasteiger partial charge in [-0.3, -0.25) is 0 Å². The van der Waals surface area contributed by atoms with Crippen LogP contribution >= 0.6 is 0 Å². The van der Waals surface area contributed by atoms with Crippen molar-refractivity contribution in [1.82, 2.24) is 9.55 Å². The van der Waals surface area contributed by atoms with E-state index in [1.54, 1.807) is 0 Å². The number of aryl methyl sites for hydroxylation is 1. The van der Waals surface area contributed by atoms with Crippen LogP contribution in [0.25, 0.3) is 11.0 Å². The number of nitrogens with two attached hydrogens (primary N) is 1. The maximum absolute atomic E-state index is 5.87. The van der Waals surface area contributed by atoms with Gasteiger partial charge in [-0.05, 0) is 18.6 Å². The average Bonchev–Trinajstić information content (AvgIpc) is 2.64. The van der Waals surface area contributed by atoms with Crippen LogP contribution in [0, 0.1) is 0 Å². The van der Waals surface area contributed by atoms with E-state index in [0.717, 1.165) is 29.9 Å². The first-order chi connectivity index (χ1) is 7.72. The first-order valence-electron chi connectivity index (χ1n) is 5.63. The van der Waals surface area contributed by atoms with Crippen molar-refractivity contribution in [3.63, 3.8) is 0 Å². The van der Waals surface area contributed by atoms with Crippen LogP contribution in [0.15, 0.2) is 24.3 Å². The number of nitrogens with one attached hydrogen (secondary N) is 1. The van der Waals surface area contributed by atoms with Gasteiger partial charge in [-0.2, -0.15) is 0 Å². The molecule has 2 rings (SSSR count). The van der Waals surface area contributed by atoms with Gasteiger partial charge in [-0.25, -0.2) is 4.98 Å². The number of benzene rings is 1. The molecule has 4 nitrogen and oxygen atoms in total. The summed E-state index contributed by atoms with van der Waals surface area (Å²) in [5.41, 5.74) is 8.01. The Morgan fingerprint density at radius 1 is 1.44 bits per heavy atom. The third-order valence-corrected chi connectivity index (χ3v) is 2.83. The Morgan fingerprint density at radius 3 is 2.88 bits per heavy atom. The van der Waals surface area contributed by atoms with E-state index >= 15 is 0 Å². The van der Waals surface area contributed by atoms with Crippen LogP contribution in [0.1, 0.15) is 13.3 Å². The van der Waals surface area contributed by atoms with Crippen molar-refractivity contribution in [2.45, 2.75) is 19.4 Å². The van der Waals surface area contributed by atoms with Crippen LogP contribution in [0.4, 0.5) is 5.95 Å². The molecule has 1 aromatic carbocycles. The third-order valence-electron chi connectivity index (χ3n) is 2.83. The molecule has 0 fully saturated rings. The first kappa shape index (κ1) is 11.0. The monoisotopic (exact) mass is 218 g/mol. The fourth-order valence-corrected chi connectivity index (χ4v) is 1.67. The highest BCUT2D eigenvalue weighted by atomic mass is 15.2. The Labute approximate surface area is 95.5 Å². The molecule has 0 saturated heterocycles. The Hall–Kier alpha value is -1.55. The molecular formula is C12H18N4. The van der Waals surface area contributed by atoms with Crippen molar-refractivity contribution in [2.24, 2.45) is 12.8 Å². The van der Waals surface area contributed by atoms with Gasteiger partial charge in [0.25, 0.3) is 0 Å². The first-order valence-corrected chi connectivity index (χ1v) is 5.63. The van der Waals surface area contributed by atoms with Gasteiger partial charge in [0, 0.05) is 19.6 Å². The lowest BCUT2D eigenvalue weighted by atomic mass is 10.2. The number of hydrogen-bond acceptors (Lipinski definition) is 3. The molecule has 0 amide bonds. The molecule has 4 heteroatoms. The van der Waals surface area contributed by atoms with Crippen LogP contribution in [-0.4, -0.2) is 22.1 Å². The quantitative estimate of drug-likeness (QED) is 0.821. The molecule has 1 heterocycles. The minimum Gasteiger partial charge on any atom is -0.354 e. The molecule has 86 valence electrons. The maximum Gasteiger partial charge on any atom is 0.203 e. The fraction of sp³-hybridized carbons (Fsp3) is 0.417. The lowest BCUT2D eigenvalue weighted by Gasteiger charge is -2.10. The van der Waals surface area contributed by atoms with Gasteiger partial charge in [0.2, 0.25) is 5.95 Å². The van der Waals surface area contributed by atoms with E-state index in [1.807, 2.05) is 25.2 Å². The van der Waals surface area contributed by atoms with Crippen molar-refractivity contribution < 1.29 is 0 Å². The number of aromatic nitrogens is 2. The fourth-order valence-electron chi connectivity index (χ4n) is 1.67. The normalized spacial score (nSPS) is 12.9. The van der Waals surface area contributed by atoms with Crippen molar-refractivity contribution in [3.05, 3.63) is 24.3 Å². The van der Waals surface area contributed by atoms with Gasteiger partial charge in [-0.15, -0.1) is 0 Å². The number of rotatable bonds is 4. The van der Waals surface area contributed by atoms with Gasteiger partial charge in [0.15, 0.2) is 0 Å². The summed E-state index contributed by atoms with van der Waals surface area (Å²) < 4.78 is 2.05. The molecule has 1 aromatic heterocycles. The summed E-state index contributed by atoms with van der Waals surface area (Å²) in [5.74, 6) is 0.880. The topological polar surface area (TPSA) is 55.9 Å². The third kappa shape index (κ3) is 2.02. The highest BCUT2D eigenvalue weighted by Gasteiger charge is 2.07. The van der Waals surface area contributed by atoms with E-state index in [9.17, 15) is 0 Å². The Bertz CT molecular complexity index is 475. The molecule has 0 radical (unpaired) electrons. The molecule has 0 aliphatic carbocycles. The van der Waals surface area contributed by atoms with Crippen LogP contribution in [0.5, 0.6) is 0 Å². The second-order valence-electron chi connectivity index (χ2n) is 4.03.